The van der Waals surface area contributed by atoms with Gasteiger partial charge in [0.15, 0.2) is 5.78 Å². The van der Waals surface area contributed by atoms with E-state index in [4.69, 9.17) is 0 Å². The van der Waals surface area contributed by atoms with Gasteiger partial charge in [0.05, 0.1) is 11.1 Å². The van der Waals surface area contributed by atoms with E-state index in [1.807, 2.05) is 0 Å². The van der Waals surface area contributed by atoms with Gasteiger partial charge < -0.3 is 10.2 Å². The Balaban J connectivity index is 2.59. The maximum Gasteiger partial charge on any atom is 0.417 e. The number of rotatable bonds is 4. The molecule has 2 aromatic carbocycles. The number of aromatic hydroxyl groups is 2. The third-order valence-electron chi connectivity index (χ3n) is 4.20. The van der Waals surface area contributed by atoms with Crippen molar-refractivity contribution in [2.75, 3.05) is 0 Å². The van der Waals surface area contributed by atoms with Crippen molar-refractivity contribution >= 4 is 16.9 Å². The molecule has 160 valence electrons. The number of ketones is 1. The molecule has 0 spiro atoms. The van der Waals surface area contributed by atoms with Crippen LogP contribution in [0, 0.1) is 13.8 Å². The zero-order valence-corrected chi connectivity index (χ0v) is 15.7. The van der Waals surface area contributed by atoms with Crippen LogP contribution >= 0.6 is 0 Å². The van der Waals surface area contributed by atoms with E-state index in [1.54, 1.807) is 0 Å². The maximum atomic E-state index is 13.4. The summed E-state index contributed by atoms with van der Waals surface area (Å²) < 4.78 is 80.6. The van der Waals surface area contributed by atoms with Gasteiger partial charge in [-0.3, -0.25) is 4.79 Å². The fraction of sp³-hybridized carbons (Fsp3) is 0.190. The van der Waals surface area contributed by atoms with Crippen LogP contribution in [-0.2, 0) is 4.79 Å². The van der Waals surface area contributed by atoms with Crippen LogP contribution in [0.3, 0.4) is 0 Å². The van der Waals surface area contributed by atoms with Crippen LogP contribution in [0.5, 0.6) is 11.5 Å². The van der Waals surface area contributed by atoms with E-state index < -0.39 is 40.4 Å². The van der Waals surface area contributed by atoms with Crippen molar-refractivity contribution in [2.24, 2.45) is 0 Å². The molecule has 0 amide bonds. The first kappa shape index (κ1) is 23.1. The van der Waals surface area contributed by atoms with Gasteiger partial charge in [0.1, 0.15) is 11.5 Å². The summed E-state index contributed by atoms with van der Waals surface area (Å²) in [5.41, 5.74) is -3.66. The lowest BCUT2D eigenvalue weighted by atomic mass is 9.98. The van der Waals surface area contributed by atoms with Crippen LogP contribution in [0.25, 0.3) is 11.1 Å². The Morgan fingerprint density at radius 2 is 1.07 bits per heavy atom. The fourth-order valence-electron chi connectivity index (χ4n) is 2.63. The lowest BCUT2D eigenvalue weighted by Gasteiger charge is -2.14. The summed E-state index contributed by atoms with van der Waals surface area (Å²) in [4.78, 5) is 12.2. The number of hydrogen-bond acceptors (Lipinski definition) is 3. The van der Waals surface area contributed by atoms with Crippen molar-refractivity contribution in [1.29, 1.82) is 0 Å². The summed E-state index contributed by atoms with van der Waals surface area (Å²) in [5.74, 6) is -2.06. The molecule has 0 radical (unpaired) electrons. The van der Waals surface area contributed by atoms with E-state index in [0.29, 0.717) is 0 Å². The minimum absolute atomic E-state index is 0.0742. The number of halogens is 6. The number of phenolic OH excluding ortho intramolecular Hbond substituents is 2. The summed E-state index contributed by atoms with van der Waals surface area (Å²) >= 11 is 0. The number of carbonyl (C=O) groups is 1. The molecule has 0 heterocycles. The molecule has 2 aromatic rings. The van der Waals surface area contributed by atoms with E-state index in [-0.39, 0.29) is 34.8 Å². The quantitative estimate of drug-likeness (QED) is 0.471. The Labute approximate surface area is 167 Å². The van der Waals surface area contributed by atoms with Gasteiger partial charge in [-0.05, 0) is 72.5 Å². The molecule has 0 aliphatic rings. The van der Waals surface area contributed by atoms with Crippen molar-refractivity contribution in [3.63, 3.8) is 0 Å². The van der Waals surface area contributed by atoms with Crippen LogP contribution in [0.1, 0.15) is 22.3 Å². The monoisotopic (exact) mass is 430 g/mol. The van der Waals surface area contributed by atoms with E-state index in [9.17, 15) is 41.4 Å². The Bertz CT molecular complexity index is 949. The first-order valence-corrected chi connectivity index (χ1v) is 8.42. The van der Waals surface area contributed by atoms with Gasteiger partial charge in [-0.2, -0.15) is 26.3 Å². The first-order chi connectivity index (χ1) is 13.7. The lowest BCUT2D eigenvalue weighted by molar-refractivity contribution is -0.111. The summed E-state index contributed by atoms with van der Waals surface area (Å²) in [6.45, 7) is 2.67. The van der Waals surface area contributed by atoms with Gasteiger partial charge in [-0.25, -0.2) is 0 Å². The predicted molar refractivity (Wildman–Crippen MR) is 98.8 cm³/mol. The normalized spacial score (nSPS) is 13.5. The Kier molecular flexibility index (Phi) is 6.34. The minimum Gasteiger partial charge on any atom is -0.508 e. The van der Waals surface area contributed by atoms with Gasteiger partial charge in [-0.1, -0.05) is 12.1 Å². The average molecular weight is 430 g/mol. The Morgan fingerprint density at radius 1 is 0.733 bits per heavy atom. The topological polar surface area (TPSA) is 57.5 Å². The average Bonchev–Trinajstić information content (AvgIpc) is 2.61. The molecule has 0 aliphatic carbocycles. The molecular weight excluding hydrogens is 414 g/mol. The second-order valence-corrected chi connectivity index (χ2v) is 6.52. The molecule has 30 heavy (non-hydrogen) atoms. The highest BCUT2D eigenvalue weighted by Gasteiger charge is 2.37. The summed E-state index contributed by atoms with van der Waals surface area (Å²) in [5, 5.41) is 18.9. The molecule has 0 aliphatic heterocycles. The third-order valence-corrected chi connectivity index (χ3v) is 4.20. The van der Waals surface area contributed by atoms with E-state index in [2.05, 4.69) is 0 Å². The molecule has 3 nitrogen and oxygen atoms in total. The second-order valence-electron chi connectivity index (χ2n) is 6.52. The molecule has 0 saturated heterocycles. The molecular formula is C21H16F6O3. The highest BCUT2D eigenvalue weighted by Crippen LogP contribution is 2.37. The number of benzene rings is 2. The van der Waals surface area contributed by atoms with Gasteiger partial charge in [0.25, 0.3) is 0 Å². The molecule has 0 saturated carbocycles. The molecule has 0 aromatic heterocycles. The van der Waals surface area contributed by atoms with E-state index in [0.717, 1.165) is 36.4 Å². The smallest absolute Gasteiger partial charge is 0.417 e. The van der Waals surface area contributed by atoms with Crippen molar-refractivity contribution in [2.45, 2.75) is 26.2 Å². The largest absolute Gasteiger partial charge is 0.508 e. The van der Waals surface area contributed by atoms with Gasteiger partial charge in [0.2, 0.25) is 0 Å². The SMILES string of the molecule is Cc1cc(/C(=C/C(=O)/C=C(/c2ccc(O)c(C)c2)C(F)(F)F)C(F)(F)F)ccc1O. The highest BCUT2D eigenvalue weighted by molar-refractivity contribution is 6.09. The van der Waals surface area contributed by atoms with Crippen LogP contribution in [0.2, 0.25) is 0 Å². The molecule has 0 unspecified atom stereocenters. The minimum atomic E-state index is -5.03. The van der Waals surface area contributed by atoms with Crippen molar-refractivity contribution < 1.29 is 41.4 Å². The summed E-state index contributed by atoms with van der Waals surface area (Å²) in [6, 6.07) is 5.74. The van der Waals surface area contributed by atoms with E-state index in [1.165, 1.54) is 13.8 Å². The van der Waals surface area contributed by atoms with Crippen molar-refractivity contribution in [3.8, 4) is 11.5 Å². The summed E-state index contributed by atoms with van der Waals surface area (Å²) in [6.07, 6.45) is -9.91. The Hall–Kier alpha value is -3.23. The van der Waals surface area contributed by atoms with Crippen LogP contribution in [0.4, 0.5) is 26.3 Å². The van der Waals surface area contributed by atoms with Gasteiger partial charge in [-0.15, -0.1) is 0 Å². The number of allylic oxidation sites excluding steroid dienone is 4. The highest BCUT2D eigenvalue weighted by atomic mass is 19.4. The van der Waals surface area contributed by atoms with Gasteiger partial charge in [0, 0.05) is 0 Å². The fourth-order valence-corrected chi connectivity index (χ4v) is 2.63. The standard InChI is InChI=1S/C21H16F6O3/c1-11-7-13(3-5-18(11)29)16(20(22,23)24)9-15(28)10-17(21(25,26)27)14-4-6-19(30)12(2)8-14/h3-10,29-30H,1-2H3/b16-9-,17-10-. The number of phenols is 2. The molecule has 0 fully saturated rings. The zero-order chi connectivity index (χ0) is 22.9. The van der Waals surface area contributed by atoms with Crippen molar-refractivity contribution in [3.05, 3.63) is 70.8 Å². The zero-order valence-electron chi connectivity index (χ0n) is 15.7. The molecule has 0 atom stereocenters. The van der Waals surface area contributed by atoms with Crippen molar-refractivity contribution in [1.82, 2.24) is 0 Å². The first-order valence-electron chi connectivity index (χ1n) is 8.42. The maximum absolute atomic E-state index is 13.4. The van der Waals surface area contributed by atoms with Crippen LogP contribution in [0.15, 0.2) is 48.6 Å². The molecule has 0 bridgehead atoms. The lowest BCUT2D eigenvalue weighted by Crippen LogP contribution is -2.14. The number of carbonyl (C=O) groups excluding carboxylic acids is 1. The number of aryl methyl sites for hydroxylation is 2. The van der Waals surface area contributed by atoms with Crippen LogP contribution in [-0.4, -0.2) is 28.3 Å². The molecule has 2 N–H and O–H groups in total. The molecule has 2 rings (SSSR count). The Morgan fingerprint density at radius 3 is 1.33 bits per heavy atom. The summed E-state index contributed by atoms with van der Waals surface area (Å²) in [7, 11) is 0. The van der Waals surface area contributed by atoms with Crippen LogP contribution < -0.4 is 0 Å². The van der Waals surface area contributed by atoms with E-state index >= 15 is 0 Å². The molecule has 9 heteroatoms. The second kappa shape index (κ2) is 8.25. The predicted octanol–water partition coefficient (Wildman–Crippen LogP) is 5.88. The number of hydrogen-bond donors (Lipinski definition) is 2. The van der Waals surface area contributed by atoms with Gasteiger partial charge >= 0.3 is 12.4 Å². The third kappa shape index (κ3) is 5.43. The number of alkyl halides is 6.